The third-order valence-electron chi connectivity index (χ3n) is 4.28. The zero-order valence-corrected chi connectivity index (χ0v) is 15.5. The van der Waals surface area contributed by atoms with Crippen LogP contribution in [0, 0.1) is 0 Å². The SMILES string of the molecule is CC(=O)Nc1ccc2c(Cn3cnc4cc(Cl)ccc4c3=O)cc(=O)oc2c1. The minimum atomic E-state index is -0.545. The van der Waals surface area contributed by atoms with Crippen molar-refractivity contribution in [2.24, 2.45) is 0 Å². The Morgan fingerprint density at radius 3 is 2.71 bits per heavy atom. The van der Waals surface area contributed by atoms with Crippen molar-refractivity contribution < 1.29 is 9.21 Å². The lowest BCUT2D eigenvalue weighted by atomic mass is 10.1. The molecule has 8 heteroatoms. The Labute approximate surface area is 163 Å². The number of hydrogen-bond acceptors (Lipinski definition) is 5. The van der Waals surface area contributed by atoms with Gasteiger partial charge in [0.25, 0.3) is 5.56 Å². The number of fused-ring (bicyclic) bond motifs is 2. The predicted molar refractivity (Wildman–Crippen MR) is 107 cm³/mol. The molecule has 0 aliphatic carbocycles. The number of aromatic nitrogens is 2. The maximum Gasteiger partial charge on any atom is 0.336 e. The van der Waals surface area contributed by atoms with Crippen LogP contribution in [0.5, 0.6) is 0 Å². The van der Waals surface area contributed by atoms with E-state index in [0.29, 0.717) is 38.1 Å². The van der Waals surface area contributed by atoms with Gasteiger partial charge in [0.05, 0.1) is 23.8 Å². The highest BCUT2D eigenvalue weighted by Gasteiger charge is 2.11. The summed E-state index contributed by atoms with van der Waals surface area (Å²) in [6.45, 7) is 1.54. The number of amides is 1. The van der Waals surface area contributed by atoms with Crippen molar-refractivity contribution in [3.8, 4) is 0 Å². The van der Waals surface area contributed by atoms with Gasteiger partial charge in [0.2, 0.25) is 5.91 Å². The van der Waals surface area contributed by atoms with Gasteiger partial charge in [-0.1, -0.05) is 11.6 Å². The van der Waals surface area contributed by atoms with E-state index in [9.17, 15) is 14.4 Å². The predicted octanol–water partition coefficient (Wildman–Crippen LogP) is 3.16. The molecule has 0 aliphatic heterocycles. The number of hydrogen-bond donors (Lipinski definition) is 1. The normalized spacial score (nSPS) is 11.1. The molecule has 0 saturated heterocycles. The Morgan fingerprint density at radius 1 is 1.14 bits per heavy atom. The zero-order valence-electron chi connectivity index (χ0n) is 14.7. The van der Waals surface area contributed by atoms with Gasteiger partial charge in [-0.15, -0.1) is 0 Å². The van der Waals surface area contributed by atoms with Crippen molar-refractivity contribution in [3.63, 3.8) is 0 Å². The summed E-state index contributed by atoms with van der Waals surface area (Å²) in [6, 6.07) is 11.2. The average molecular weight is 396 g/mol. The molecule has 2 heterocycles. The number of nitrogens with one attached hydrogen (secondary N) is 1. The van der Waals surface area contributed by atoms with Crippen LogP contribution < -0.4 is 16.5 Å². The van der Waals surface area contributed by atoms with E-state index in [1.807, 2.05) is 0 Å². The Bertz CT molecular complexity index is 1360. The molecule has 0 spiro atoms. The minimum Gasteiger partial charge on any atom is -0.423 e. The van der Waals surface area contributed by atoms with Crippen LogP contribution >= 0.6 is 11.6 Å². The summed E-state index contributed by atoms with van der Waals surface area (Å²) in [7, 11) is 0. The number of rotatable bonds is 3. The van der Waals surface area contributed by atoms with E-state index in [4.69, 9.17) is 16.0 Å². The first kappa shape index (κ1) is 17.9. The molecule has 0 aliphatic rings. The molecule has 0 unspecified atom stereocenters. The molecule has 4 rings (SSSR count). The van der Waals surface area contributed by atoms with E-state index < -0.39 is 5.63 Å². The van der Waals surface area contributed by atoms with Crippen molar-refractivity contribution in [1.29, 1.82) is 0 Å². The maximum absolute atomic E-state index is 12.8. The molecule has 2 aromatic heterocycles. The van der Waals surface area contributed by atoms with Crippen molar-refractivity contribution in [3.05, 3.63) is 80.2 Å². The second-order valence-electron chi connectivity index (χ2n) is 6.32. The van der Waals surface area contributed by atoms with Gasteiger partial charge in [0, 0.05) is 35.2 Å². The van der Waals surface area contributed by atoms with Gasteiger partial charge >= 0.3 is 5.63 Å². The molecule has 2 aromatic carbocycles. The van der Waals surface area contributed by atoms with Gasteiger partial charge in [-0.25, -0.2) is 9.78 Å². The Kier molecular flexibility index (Phi) is 4.44. The molecule has 0 fully saturated rings. The van der Waals surface area contributed by atoms with Crippen LogP contribution in [0.2, 0.25) is 5.02 Å². The van der Waals surface area contributed by atoms with Gasteiger partial charge in [0.1, 0.15) is 5.58 Å². The molecule has 4 aromatic rings. The molecule has 1 amide bonds. The van der Waals surface area contributed by atoms with E-state index in [1.165, 1.54) is 23.9 Å². The Hall–Kier alpha value is -3.45. The van der Waals surface area contributed by atoms with Crippen LogP contribution in [-0.4, -0.2) is 15.5 Å². The molecule has 1 N–H and O–H groups in total. The van der Waals surface area contributed by atoms with Crippen molar-refractivity contribution in [1.82, 2.24) is 9.55 Å². The largest absolute Gasteiger partial charge is 0.423 e. The van der Waals surface area contributed by atoms with E-state index >= 15 is 0 Å². The molecule has 7 nitrogen and oxygen atoms in total. The summed E-state index contributed by atoms with van der Waals surface area (Å²) in [5, 5.41) is 4.24. The summed E-state index contributed by atoms with van der Waals surface area (Å²) in [6.07, 6.45) is 1.42. The highest BCUT2D eigenvalue weighted by Crippen LogP contribution is 2.22. The number of halogens is 1. The number of nitrogens with zero attached hydrogens (tertiary/aromatic N) is 2. The van der Waals surface area contributed by atoms with Gasteiger partial charge < -0.3 is 9.73 Å². The molecular formula is C20H14ClN3O4. The molecule has 140 valence electrons. The lowest BCUT2D eigenvalue weighted by Crippen LogP contribution is -2.21. The first-order chi connectivity index (χ1) is 13.4. The fourth-order valence-corrected chi connectivity index (χ4v) is 3.24. The second-order valence-corrected chi connectivity index (χ2v) is 6.76. The van der Waals surface area contributed by atoms with Crippen molar-refractivity contribution in [2.45, 2.75) is 13.5 Å². The van der Waals surface area contributed by atoms with Crippen molar-refractivity contribution in [2.75, 3.05) is 5.32 Å². The van der Waals surface area contributed by atoms with Gasteiger partial charge in [-0.2, -0.15) is 0 Å². The van der Waals surface area contributed by atoms with Crippen molar-refractivity contribution >= 4 is 45.1 Å². The third kappa shape index (κ3) is 3.39. The summed E-state index contributed by atoms with van der Waals surface area (Å²) < 4.78 is 6.67. The molecule has 28 heavy (non-hydrogen) atoms. The number of carbonyl (C=O) groups excluding carboxylic acids is 1. The first-order valence-electron chi connectivity index (χ1n) is 8.40. The number of carbonyl (C=O) groups is 1. The molecular weight excluding hydrogens is 382 g/mol. The van der Waals surface area contributed by atoms with Crippen LogP contribution in [0.25, 0.3) is 21.9 Å². The van der Waals surface area contributed by atoms with Gasteiger partial charge in [0.15, 0.2) is 0 Å². The smallest absolute Gasteiger partial charge is 0.336 e. The Morgan fingerprint density at radius 2 is 1.93 bits per heavy atom. The molecule has 0 bridgehead atoms. The number of anilines is 1. The average Bonchev–Trinajstić information content (AvgIpc) is 2.63. The summed E-state index contributed by atoms with van der Waals surface area (Å²) in [4.78, 5) is 40.3. The first-order valence-corrected chi connectivity index (χ1v) is 8.77. The molecule has 0 radical (unpaired) electrons. The van der Waals surface area contributed by atoms with Crippen LogP contribution in [0.3, 0.4) is 0 Å². The van der Waals surface area contributed by atoms with E-state index in [-0.39, 0.29) is 18.0 Å². The fraction of sp³-hybridized carbons (Fsp3) is 0.100. The minimum absolute atomic E-state index is 0.145. The summed E-state index contributed by atoms with van der Waals surface area (Å²) in [5.74, 6) is -0.230. The topological polar surface area (TPSA) is 94.2 Å². The lowest BCUT2D eigenvalue weighted by Gasteiger charge is -2.10. The molecule has 0 saturated carbocycles. The standard InChI is InChI=1S/C20H14ClN3O4/c1-11(25)23-14-3-5-15-12(6-19(26)28-18(15)8-14)9-24-10-22-17-7-13(21)2-4-16(17)20(24)27/h2-8,10H,9H2,1H3,(H,23,25). The quantitative estimate of drug-likeness (QED) is 0.538. The highest BCUT2D eigenvalue weighted by atomic mass is 35.5. The Balaban J connectivity index is 1.81. The van der Waals surface area contributed by atoms with Crippen LogP contribution in [0.1, 0.15) is 12.5 Å². The van der Waals surface area contributed by atoms with Gasteiger partial charge in [-0.05, 0) is 35.9 Å². The lowest BCUT2D eigenvalue weighted by molar-refractivity contribution is -0.114. The zero-order chi connectivity index (χ0) is 19.8. The summed E-state index contributed by atoms with van der Waals surface area (Å²) in [5.41, 5.74) is 1.17. The summed E-state index contributed by atoms with van der Waals surface area (Å²) >= 11 is 5.95. The fourth-order valence-electron chi connectivity index (χ4n) is 3.07. The second kappa shape index (κ2) is 6.94. The van der Waals surface area contributed by atoms with Crippen LogP contribution in [0.4, 0.5) is 5.69 Å². The highest BCUT2D eigenvalue weighted by molar-refractivity contribution is 6.31. The van der Waals surface area contributed by atoms with Crippen LogP contribution in [-0.2, 0) is 11.3 Å². The van der Waals surface area contributed by atoms with Gasteiger partial charge in [-0.3, -0.25) is 14.2 Å². The molecule has 0 atom stereocenters. The number of benzene rings is 2. The van der Waals surface area contributed by atoms with E-state index in [1.54, 1.807) is 36.4 Å². The van der Waals surface area contributed by atoms with E-state index in [2.05, 4.69) is 10.3 Å². The van der Waals surface area contributed by atoms with E-state index in [0.717, 1.165) is 0 Å². The maximum atomic E-state index is 12.8. The third-order valence-corrected chi connectivity index (χ3v) is 4.51. The monoisotopic (exact) mass is 395 g/mol. The van der Waals surface area contributed by atoms with Crippen LogP contribution in [0.15, 0.2) is 62.8 Å².